The minimum absolute atomic E-state index is 0.430. The van der Waals surface area contributed by atoms with Gasteiger partial charge in [0, 0.05) is 23.5 Å². The van der Waals surface area contributed by atoms with Crippen molar-refractivity contribution in [1.82, 2.24) is 4.90 Å². The van der Waals surface area contributed by atoms with Gasteiger partial charge in [0.2, 0.25) is 0 Å². The van der Waals surface area contributed by atoms with Crippen LogP contribution in [0.3, 0.4) is 0 Å². The number of thiophene rings is 1. The summed E-state index contributed by atoms with van der Waals surface area (Å²) in [6.45, 7) is 1.56. The zero-order valence-electron chi connectivity index (χ0n) is 11.5. The monoisotopic (exact) mass is 363 g/mol. The highest BCUT2D eigenvalue weighted by Crippen LogP contribution is 2.31. The van der Waals surface area contributed by atoms with Crippen LogP contribution in [0, 0.1) is 0 Å². The summed E-state index contributed by atoms with van der Waals surface area (Å²) >= 11 is 19.6. The topological polar surface area (TPSA) is 23.5 Å². The van der Waals surface area contributed by atoms with E-state index in [0.29, 0.717) is 22.0 Å². The van der Waals surface area contributed by atoms with Gasteiger partial charge in [-0.2, -0.15) is 0 Å². The van der Waals surface area contributed by atoms with Crippen LogP contribution in [0.1, 0.15) is 23.0 Å². The minimum atomic E-state index is -0.620. The van der Waals surface area contributed by atoms with Gasteiger partial charge in [-0.25, -0.2) is 0 Å². The lowest BCUT2D eigenvalue weighted by molar-refractivity contribution is 0.148. The predicted molar refractivity (Wildman–Crippen MR) is 91.7 cm³/mol. The Morgan fingerprint density at radius 2 is 1.95 bits per heavy atom. The van der Waals surface area contributed by atoms with E-state index in [-0.39, 0.29) is 0 Å². The maximum atomic E-state index is 10.3. The van der Waals surface area contributed by atoms with Gasteiger partial charge >= 0.3 is 0 Å². The second-order valence-electron chi connectivity index (χ2n) is 4.89. The first kappa shape index (κ1) is 17.1. The molecule has 1 unspecified atom stereocenters. The number of rotatable bonds is 6. The molecule has 6 heteroatoms. The highest BCUT2D eigenvalue weighted by Gasteiger charge is 2.14. The second-order valence-corrected chi connectivity index (χ2v) is 7.48. The molecule has 0 amide bonds. The highest BCUT2D eigenvalue weighted by molar-refractivity contribution is 7.16. The molecule has 0 aliphatic rings. The lowest BCUT2D eigenvalue weighted by atomic mass is 10.1. The fourth-order valence-electron chi connectivity index (χ4n) is 2.06. The summed E-state index contributed by atoms with van der Waals surface area (Å²) in [4.78, 5) is 3.35. The Balaban J connectivity index is 1.88. The third kappa shape index (κ3) is 4.85. The van der Waals surface area contributed by atoms with Gasteiger partial charge in [-0.1, -0.05) is 46.9 Å². The molecule has 0 aliphatic heterocycles. The van der Waals surface area contributed by atoms with Crippen LogP contribution in [-0.2, 0) is 6.54 Å². The van der Waals surface area contributed by atoms with Crippen molar-refractivity contribution in [3.05, 3.63) is 55.2 Å². The van der Waals surface area contributed by atoms with Crippen molar-refractivity contribution in [2.45, 2.75) is 19.1 Å². The highest BCUT2D eigenvalue weighted by atomic mass is 35.5. The van der Waals surface area contributed by atoms with E-state index >= 15 is 0 Å². The zero-order chi connectivity index (χ0) is 15.4. The molecular formula is C15H16Cl3NOS. The lowest BCUT2D eigenvalue weighted by Gasteiger charge is -2.19. The third-order valence-corrected chi connectivity index (χ3v) is 5.23. The van der Waals surface area contributed by atoms with Crippen LogP contribution >= 0.6 is 46.1 Å². The number of halogens is 3. The van der Waals surface area contributed by atoms with Crippen LogP contribution in [0.5, 0.6) is 0 Å². The Morgan fingerprint density at radius 3 is 2.62 bits per heavy atom. The van der Waals surface area contributed by atoms with Crippen molar-refractivity contribution in [3.8, 4) is 0 Å². The molecule has 1 atom stereocenters. The van der Waals surface area contributed by atoms with Gasteiger partial charge in [0.15, 0.2) is 0 Å². The molecule has 1 heterocycles. The van der Waals surface area contributed by atoms with Crippen LogP contribution in [-0.4, -0.2) is 23.6 Å². The molecule has 2 rings (SSSR count). The molecular weight excluding hydrogens is 349 g/mol. The normalized spacial score (nSPS) is 12.9. The Kier molecular flexibility index (Phi) is 6.35. The number of hydrogen-bond donors (Lipinski definition) is 1. The third-order valence-electron chi connectivity index (χ3n) is 3.18. The maximum Gasteiger partial charge on any atom is 0.0931 e. The van der Waals surface area contributed by atoms with E-state index in [0.717, 1.165) is 17.4 Å². The first-order valence-corrected chi connectivity index (χ1v) is 8.47. The van der Waals surface area contributed by atoms with E-state index in [9.17, 15) is 5.11 Å². The summed E-state index contributed by atoms with van der Waals surface area (Å²) in [6, 6.07) is 9.23. The lowest BCUT2D eigenvalue weighted by Crippen LogP contribution is -2.20. The van der Waals surface area contributed by atoms with Crippen LogP contribution in [0.2, 0.25) is 14.4 Å². The summed E-state index contributed by atoms with van der Waals surface area (Å²) in [5.74, 6) is 0. The molecule has 2 aromatic rings. The first-order chi connectivity index (χ1) is 9.97. The second kappa shape index (κ2) is 7.82. The fourth-order valence-corrected chi connectivity index (χ4v) is 3.66. The smallest absolute Gasteiger partial charge is 0.0931 e. The molecule has 0 fully saturated rings. The molecule has 0 saturated heterocycles. The molecule has 21 heavy (non-hydrogen) atoms. The van der Waals surface area contributed by atoms with Crippen molar-refractivity contribution in [2.75, 3.05) is 13.6 Å². The van der Waals surface area contributed by atoms with Crippen LogP contribution in [0.25, 0.3) is 0 Å². The van der Waals surface area contributed by atoms with E-state index in [4.69, 9.17) is 34.8 Å². The Bertz CT molecular complexity index is 602. The average Bonchev–Trinajstić information content (AvgIpc) is 2.84. The van der Waals surface area contributed by atoms with Crippen molar-refractivity contribution >= 4 is 46.1 Å². The van der Waals surface area contributed by atoms with Gasteiger partial charge in [-0.15, -0.1) is 11.3 Å². The SMILES string of the molecule is CN(CCC(O)c1cccc(Cl)c1Cl)Cc1ccc(Cl)s1. The molecule has 1 aromatic heterocycles. The number of nitrogens with zero attached hydrogens (tertiary/aromatic N) is 1. The number of benzene rings is 1. The van der Waals surface area contributed by atoms with Gasteiger partial charge < -0.3 is 10.0 Å². The molecule has 2 nitrogen and oxygen atoms in total. The summed E-state index contributed by atoms with van der Waals surface area (Å²) in [6.07, 6.45) is -0.0269. The maximum absolute atomic E-state index is 10.3. The molecule has 0 aliphatic carbocycles. The molecule has 1 N–H and O–H groups in total. The Labute approximate surface area is 143 Å². The van der Waals surface area contributed by atoms with Gasteiger partial charge in [-0.05, 0) is 31.7 Å². The summed E-state index contributed by atoms with van der Waals surface area (Å²) in [5.41, 5.74) is 0.678. The van der Waals surface area contributed by atoms with Crippen LogP contribution in [0.4, 0.5) is 0 Å². The van der Waals surface area contributed by atoms with Crippen molar-refractivity contribution in [1.29, 1.82) is 0 Å². The van der Waals surface area contributed by atoms with Gasteiger partial charge in [0.25, 0.3) is 0 Å². The molecule has 0 saturated carbocycles. The van der Waals surface area contributed by atoms with E-state index < -0.39 is 6.10 Å². The summed E-state index contributed by atoms with van der Waals surface area (Å²) < 4.78 is 0.796. The molecule has 0 radical (unpaired) electrons. The average molecular weight is 365 g/mol. The number of aliphatic hydroxyl groups excluding tert-OH is 1. The molecule has 114 valence electrons. The Morgan fingerprint density at radius 1 is 1.19 bits per heavy atom. The van der Waals surface area contributed by atoms with Crippen LogP contribution in [0.15, 0.2) is 30.3 Å². The largest absolute Gasteiger partial charge is 0.388 e. The molecule has 0 spiro atoms. The molecule has 1 aromatic carbocycles. The summed E-state index contributed by atoms with van der Waals surface area (Å²) in [5, 5.41) is 11.2. The zero-order valence-corrected chi connectivity index (χ0v) is 14.6. The van der Waals surface area contributed by atoms with Gasteiger partial charge in [0.1, 0.15) is 0 Å². The van der Waals surface area contributed by atoms with Crippen LogP contribution < -0.4 is 0 Å². The van der Waals surface area contributed by atoms with Gasteiger partial charge in [0.05, 0.1) is 20.5 Å². The first-order valence-electron chi connectivity index (χ1n) is 6.52. The fraction of sp³-hybridized carbons (Fsp3) is 0.333. The van der Waals surface area contributed by atoms with E-state index in [1.54, 1.807) is 29.5 Å². The van der Waals surface area contributed by atoms with Gasteiger partial charge in [-0.3, -0.25) is 0 Å². The van der Waals surface area contributed by atoms with E-state index in [1.807, 2.05) is 19.2 Å². The van der Waals surface area contributed by atoms with Crippen molar-refractivity contribution in [2.24, 2.45) is 0 Å². The predicted octanol–water partition coefficient (Wildman–Crippen LogP) is 5.26. The number of aliphatic hydroxyl groups is 1. The standard InChI is InChI=1S/C15H16Cl3NOS/c1-19(9-10-5-6-14(17)21-10)8-7-13(20)11-3-2-4-12(16)15(11)18/h2-6,13,20H,7-9H2,1H3. The molecule has 0 bridgehead atoms. The van der Waals surface area contributed by atoms with E-state index in [2.05, 4.69) is 4.90 Å². The minimum Gasteiger partial charge on any atom is -0.388 e. The van der Waals surface area contributed by atoms with Crippen molar-refractivity contribution < 1.29 is 5.11 Å². The Hall–Kier alpha value is -0.290. The number of hydrogen-bond acceptors (Lipinski definition) is 3. The quantitative estimate of drug-likeness (QED) is 0.755. The van der Waals surface area contributed by atoms with E-state index in [1.165, 1.54) is 4.88 Å². The summed E-state index contributed by atoms with van der Waals surface area (Å²) in [7, 11) is 2.01. The van der Waals surface area contributed by atoms with Crippen molar-refractivity contribution in [3.63, 3.8) is 0 Å².